The number of aliphatic hydroxyl groups is 2. The molecule has 1 aliphatic heterocycles. The van der Waals surface area contributed by atoms with Crippen molar-refractivity contribution in [1.82, 2.24) is 10.2 Å². The molecular weight excluding hydrogens is 903 g/mol. The van der Waals surface area contributed by atoms with E-state index in [-0.39, 0.29) is 43.5 Å². The molecule has 3 aliphatic carbocycles. The summed E-state index contributed by atoms with van der Waals surface area (Å²) in [5, 5.41) is 30.2. The van der Waals surface area contributed by atoms with Gasteiger partial charge in [0.15, 0.2) is 0 Å². The van der Waals surface area contributed by atoms with Crippen LogP contribution in [0.3, 0.4) is 0 Å². The predicted octanol–water partition coefficient (Wildman–Crippen LogP) is 13.5. The van der Waals surface area contributed by atoms with E-state index < -0.39 is 23.8 Å². The molecule has 2 fully saturated rings. The predicted molar refractivity (Wildman–Crippen MR) is 288 cm³/mol. The van der Waals surface area contributed by atoms with E-state index in [2.05, 4.69) is 61.3 Å². The SMILES string of the molecule is C=CCOC12Oc3ccc(OC(=O)NCCCCCCCCCCCC)cc3C3C(CCCCO)C(CCCCO)C=C(C(=NOCC)CC1N(Cc1cccc4ccccc14)C(=O)CCC1CCCC1)C32. The summed E-state index contributed by atoms with van der Waals surface area (Å²) in [7, 11) is 0. The molecule has 72 heavy (non-hydrogen) atoms. The lowest BCUT2D eigenvalue weighted by Gasteiger charge is -2.60. The number of rotatable bonds is 31. The Kier molecular flexibility index (Phi) is 21.9. The Morgan fingerprint density at radius 1 is 0.861 bits per heavy atom. The number of hydrogen-bond donors (Lipinski definition) is 3. The molecule has 0 saturated heterocycles. The first-order valence-corrected chi connectivity index (χ1v) is 28.3. The first-order chi connectivity index (χ1) is 35.3. The maximum Gasteiger partial charge on any atom is 0.412 e. The molecule has 394 valence electrons. The first-order valence-electron chi connectivity index (χ1n) is 28.3. The third-order valence-electron chi connectivity index (χ3n) is 16.1. The van der Waals surface area contributed by atoms with E-state index in [1.165, 1.54) is 64.2 Å². The standard InChI is InChI=1S/C61H87N3O8/c1-4-7-8-9-10-11-12-13-14-21-37-62-60(68)71-49-34-35-55-53(42-49)58-51(32-20-23-39-66)47(28-19-22-38-65)41-52-54(63-70-6-3)43-56(61(72-55,59(52)58)69-40-5-2)64(57(67)36-33-45-25-15-16-26-45)44-48-30-24-29-46-27-17-18-31-50(46)48/h5,17-18,24,27,29-31,34-35,41-42,45,47,51,56,58-59,65-66H,2,4,6-16,19-23,25-26,28,32-33,36-40,43-44H2,1,3H3,(H,62,68). The Morgan fingerprint density at radius 2 is 1.58 bits per heavy atom. The maximum atomic E-state index is 15.4. The number of ether oxygens (including phenoxy) is 3. The van der Waals surface area contributed by atoms with Crippen molar-refractivity contribution in [3.63, 3.8) is 0 Å². The highest BCUT2D eigenvalue weighted by molar-refractivity contribution is 6.03. The first kappa shape index (κ1) is 55.0. The molecule has 3 aromatic rings. The van der Waals surface area contributed by atoms with E-state index in [4.69, 9.17) is 24.2 Å². The zero-order valence-electron chi connectivity index (χ0n) is 43.8. The number of hydrogen-bond acceptors (Lipinski definition) is 9. The number of carbonyl (C=O) groups excluding carboxylic acids is 2. The lowest BCUT2D eigenvalue weighted by atomic mass is 9.55. The van der Waals surface area contributed by atoms with Crippen LogP contribution in [0.25, 0.3) is 10.8 Å². The quantitative estimate of drug-likeness (QED) is 0.0329. The van der Waals surface area contributed by atoms with Crippen LogP contribution in [0.2, 0.25) is 0 Å². The molecule has 6 unspecified atom stereocenters. The van der Waals surface area contributed by atoms with E-state index >= 15 is 4.79 Å². The average molecular weight is 990 g/mol. The summed E-state index contributed by atoms with van der Waals surface area (Å²) in [5.41, 5.74) is 3.71. The molecular formula is C61H87N3O8. The number of nitrogens with one attached hydrogen (secondary N) is 1. The number of carbonyl (C=O) groups is 2. The van der Waals surface area contributed by atoms with Gasteiger partial charge in [-0.2, -0.15) is 0 Å². The molecule has 6 atom stereocenters. The molecule has 3 N–H and O–H groups in total. The lowest BCUT2D eigenvalue weighted by molar-refractivity contribution is -0.258. The summed E-state index contributed by atoms with van der Waals surface area (Å²) in [6.07, 6.45) is 26.7. The monoisotopic (exact) mass is 990 g/mol. The van der Waals surface area contributed by atoms with Gasteiger partial charge in [0.1, 0.15) is 24.1 Å². The molecule has 7 rings (SSSR count). The fraction of sp³-hybridized carbons (Fsp3) is 0.623. The molecule has 1 heterocycles. The molecule has 2 amide bonds. The summed E-state index contributed by atoms with van der Waals surface area (Å²) in [5.74, 6) is -0.351. The largest absolute Gasteiger partial charge is 0.459 e. The van der Waals surface area contributed by atoms with Gasteiger partial charge in [-0.1, -0.05) is 163 Å². The van der Waals surface area contributed by atoms with Gasteiger partial charge >= 0.3 is 6.09 Å². The number of amides is 2. The van der Waals surface area contributed by atoms with Gasteiger partial charge in [-0.15, -0.1) is 6.58 Å². The topological polar surface area (TPSA) is 139 Å². The lowest BCUT2D eigenvalue weighted by Crippen LogP contribution is -2.70. The number of fused-ring (bicyclic) bond motifs is 3. The molecule has 11 heteroatoms. The molecule has 0 spiro atoms. The minimum atomic E-state index is -1.39. The van der Waals surface area contributed by atoms with Crippen molar-refractivity contribution in [3.05, 3.63) is 96.1 Å². The normalized spacial score (nSPS) is 23.0. The Balaban J connectivity index is 1.28. The van der Waals surface area contributed by atoms with Crippen molar-refractivity contribution in [3.8, 4) is 11.5 Å². The fourth-order valence-electron chi connectivity index (χ4n) is 12.6. The van der Waals surface area contributed by atoms with Gasteiger partial charge in [0.05, 0.1) is 18.2 Å². The third-order valence-corrected chi connectivity index (χ3v) is 16.1. The smallest absolute Gasteiger partial charge is 0.412 e. The van der Waals surface area contributed by atoms with E-state index in [1.54, 1.807) is 12.1 Å². The Hall–Kier alpha value is -4.71. The highest BCUT2D eigenvalue weighted by Gasteiger charge is 2.65. The summed E-state index contributed by atoms with van der Waals surface area (Å²) in [4.78, 5) is 37.0. The van der Waals surface area contributed by atoms with Gasteiger partial charge < -0.3 is 39.5 Å². The number of nitrogens with zero attached hydrogens (tertiary/aromatic N) is 2. The van der Waals surface area contributed by atoms with Crippen molar-refractivity contribution in [2.24, 2.45) is 28.8 Å². The zero-order valence-corrected chi connectivity index (χ0v) is 43.8. The van der Waals surface area contributed by atoms with Crippen LogP contribution in [0.4, 0.5) is 4.79 Å². The van der Waals surface area contributed by atoms with Crippen LogP contribution in [0, 0.1) is 23.7 Å². The Labute approximate surface area is 431 Å². The van der Waals surface area contributed by atoms with Crippen molar-refractivity contribution in [2.75, 3.05) is 33.0 Å². The molecule has 0 aromatic heterocycles. The summed E-state index contributed by atoms with van der Waals surface area (Å²) in [6, 6.07) is 19.7. The number of oxime groups is 1. The summed E-state index contributed by atoms with van der Waals surface area (Å²) < 4.78 is 20.9. The van der Waals surface area contributed by atoms with Crippen LogP contribution in [-0.4, -0.2) is 77.6 Å². The summed E-state index contributed by atoms with van der Waals surface area (Å²) >= 11 is 0. The van der Waals surface area contributed by atoms with E-state index in [0.29, 0.717) is 62.8 Å². The van der Waals surface area contributed by atoms with Crippen LogP contribution >= 0.6 is 0 Å². The van der Waals surface area contributed by atoms with Gasteiger partial charge in [-0.25, -0.2) is 4.79 Å². The Bertz CT molecular complexity index is 2230. The highest BCUT2D eigenvalue weighted by Crippen LogP contribution is 2.62. The second-order valence-electron chi connectivity index (χ2n) is 21.0. The second-order valence-corrected chi connectivity index (χ2v) is 21.0. The third kappa shape index (κ3) is 14.1. The maximum absolute atomic E-state index is 15.4. The minimum Gasteiger partial charge on any atom is -0.459 e. The van der Waals surface area contributed by atoms with E-state index in [0.717, 1.165) is 91.0 Å². The highest BCUT2D eigenvalue weighted by atomic mass is 16.7. The number of unbranched alkanes of at least 4 members (excludes halogenated alkanes) is 11. The average Bonchev–Trinajstić information content (AvgIpc) is 3.93. The molecule has 0 bridgehead atoms. The van der Waals surface area contributed by atoms with Gasteiger partial charge in [0, 0.05) is 50.6 Å². The van der Waals surface area contributed by atoms with Gasteiger partial charge in [0.2, 0.25) is 11.7 Å². The van der Waals surface area contributed by atoms with Crippen LogP contribution in [0.15, 0.2) is 90.1 Å². The van der Waals surface area contributed by atoms with Crippen LogP contribution in [0.5, 0.6) is 11.5 Å². The molecule has 3 aromatic carbocycles. The van der Waals surface area contributed by atoms with Crippen LogP contribution in [-0.2, 0) is 20.9 Å². The second kappa shape index (κ2) is 28.7. The van der Waals surface area contributed by atoms with Gasteiger partial charge in [-0.3, -0.25) is 4.79 Å². The minimum absolute atomic E-state index is 0.0374. The number of aliphatic hydroxyl groups excluding tert-OH is 2. The molecule has 2 saturated carbocycles. The van der Waals surface area contributed by atoms with E-state index in [9.17, 15) is 15.0 Å². The van der Waals surface area contributed by atoms with Crippen LogP contribution in [0.1, 0.15) is 179 Å². The van der Waals surface area contributed by atoms with Gasteiger partial charge in [0.25, 0.3) is 0 Å². The number of allylic oxidation sites excluding steroid dienone is 1. The molecule has 4 aliphatic rings. The van der Waals surface area contributed by atoms with Crippen LogP contribution < -0.4 is 14.8 Å². The fourth-order valence-corrected chi connectivity index (χ4v) is 12.6. The molecule has 0 radical (unpaired) electrons. The van der Waals surface area contributed by atoms with Crippen molar-refractivity contribution < 1.29 is 38.9 Å². The van der Waals surface area contributed by atoms with Crippen molar-refractivity contribution in [2.45, 2.75) is 186 Å². The summed E-state index contributed by atoms with van der Waals surface area (Å²) in [6.45, 7) is 9.95. The Morgan fingerprint density at radius 3 is 2.32 bits per heavy atom. The van der Waals surface area contributed by atoms with Crippen molar-refractivity contribution in [1.29, 1.82) is 0 Å². The van der Waals surface area contributed by atoms with Crippen molar-refractivity contribution >= 4 is 28.5 Å². The van der Waals surface area contributed by atoms with Gasteiger partial charge in [-0.05, 0) is 103 Å². The molecule has 11 nitrogen and oxygen atoms in total. The zero-order chi connectivity index (χ0) is 50.5. The number of benzene rings is 3. The van der Waals surface area contributed by atoms with E-state index in [1.807, 2.05) is 30.0 Å².